The first kappa shape index (κ1) is 24.0. The summed E-state index contributed by atoms with van der Waals surface area (Å²) in [5.74, 6) is 1.20. The third kappa shape index (κ3) is 4.48. The van der Waals surface area contributed by atoms with Gasteiger partial charge in [-0.05, 0) is 49.1 Å². The van der Waals surface area contributed by atoms with Crippen LogP contribution in [-0.2, 0) is 18.4 Å². The predicted octanol–water partition coefficient (Wildman–Crippen LogP) is 4.33. The maximum Gasteiger partial charge on any atom is 0.270 e. The van der Waals surface area contributed by atoms with Crippen LogP contribution < -0.4 is 15.6 Å². The molecule has 0 radical (unpaired) electrons. The Morgan fingerprint density at radius 2 is 1.94 bits per heavy atom. The fourth-order valence-corrected chi connectivity index (χ4v) is 5.84. The number of benzene rings is 1. The third-order valence-electron chi connectivity index (χ3n) is 6.41. The average molecular weight is 495 g/mol. The minimum Gasteiger partial charge on any atom is -0.497 e. The highest BCUT2D eigenvalue weighted by atomic mass is 32.2. The highest BCUT2D eigenvalue weighted by molar-refractivity contribution is 8.26. The van der Waals surface area contributed by atoms with E-state index in [4.69, 9.17) is 17.0 Å². The van der Waals surface area contributed by atoms with Crippen molar-refractivity contribution in [3.05, 3.63) is 61.8 Å². The van der Waals surface area contributed by atoms with Crippen LogP contribution >= 0.6 is 24.0 Å². The topological polar surface area (TPSA) is 87.4 Å². The second-order valence-corrected chi connectivity index (χ2v) is 10.1. The van der Waals surface area contributed by atoms with Crippen LogP contribution in [0.5, 0.6) is 5.75 Å². The lowest BCUT2D eigenvalue weighted by Crippen LogP contribution is -2.36. The van der Waals surface area contributed by atoms with E-state index in [9.17, 15) is 14.9 Å². The summed E-state index contributed by atoms with van der Waals surface area (Å²) >= 11 is 6.82. The molecular formula is C25H26N4O3S2. The van der Waals surface area contributed by atoms with Crippen molar-refractivity contribution in [3.63, 3.8) is 0 Å². The monoisotopic (exact) mass is 494 g/mol. The molecule has 2 aromatic rings. The Bertz CT molecular complexity index is 1270. The first-order valence-corrected chi connectivity index (χ1v) is 12.4. The molecular weight excluding hydrogens is 468 g/mol. The molecule has 1 saturated carbocycles. The number of pyridine rings is 1. The number of rotatable bonds is 6. The van der Waals surface area contributed by atoms with E-state index in [1.807, 2.05) is 30.3 Å². The van der Waals surface area contributed by atoms with Crippen LogP contribution in [0.15, 0.2) is 34.0 Å². The zero-order chi connectivity index (χ0) is 24.4. The number of ether oxygens (including phenoxy) is 1. The van der Waals surface area contributed by atoms with Gasteiger partial charge < -0.3 is 10.1 Å². The van der Waals surface area contributed by atoms with Crippen LogP contribution in [-0.4, -0.2) is 32.8 Å². The SMILES string of the molecule is COc1ccc(CNc2c(/C=C3/SC(=S)N(C4CCCC4)C3=O)c(C)c(C#N)c(=O)n2C)cc1. The summed E-state index contributed by atoms with van der Waals surface area (Å²) in [6.07, 6.45) is 5.90. The lowest BCUT2D eigenvalue weighted by atomic mass is 10.0. The van der Waals surface area contributed by atoms with E-state index in [2.05, 4.69) is 5.32 Å². The molecule has 1 saturated heterocycles. The molecule has 1 aliphatic carbocycles. The average Bonchev–Trinajstić information content (AvgIpc) is 3.45. The molecule has 34 heavy (non-hydrogen) atoms. The normalized spacial score (nSPS) is 17.5. The lowest BCUT2D eigenvalue weighted by Gasteiger charge is -2.22. The quantitative estimate of drug-likeness (QED) is 0.472. The Labute approximate surface area is 208 Å². The highest BCUT2D eigenvalue weighted by Gasteiger charge is 2.38. The van der Waals surface area contributed by atoms with Crippen LogP contribution in [0.3, 0.4) is 0 Å². The summed E-state index contributed by atoms with van der Waals surface area (Å²) in [5.41, 5.74) is 1.85. The van der Waals surface area contributed by atoms with Crippen LogP contribution in [0.1, 0.15) is 47.9 Å². The first-order valence-electron chi connectivity index (χ1n) is 11.1. The zero-order valence-electron chi connectivity index (χ0n) is 19.4. The maximum atomic E-state index is 13.3. The Hall–Kier alpha value is -3.09. The molecule has 0 atom stereocenters. The molecule has 2 aliphatic rings. The molecule has 0 unspecified atom stereocenters. The van der Waals surface area contributed by atoms with Gasteiger partial charge in [-0.3, -0.25) is 19.1 Å². The number of anilines is 1. The van der Waals surface area contributed by atoms with Crippen LogP contribution in [0.2, 0.25) is 0 Å². The molecule has 1 amide bonds. The van der Waals surface area contributed by atoms with Crippen LogP contribution in [0.4, 0.5) is 5.82 Å². The second kappa shape index (κ2) is 10.0. The van der Waals surface area contributed by atoms with Gasteiger partial charge >= 0.3 is 0 Å². The molecule has 0 spiro atoms. The summed E-state index contributed by atoms with van der Waals surface area (Å²) in [7, 11) is 3.24. The summed E-state index contributed by atoms with van der Waals surface area (Å²) < 4.78 is 7.21. The number of carbonyl (C=O) groups excluding carboxylic acids is 1. The number of carbonyl (C=O) groups is 1. The van der Waals surface area contributed by atoms with E-state index in [1.54, 1.807) is 32.1 Å². The minimum absolute atomic E-state index is 0.0648. The van der Waals surface area contributed by atoms with Gasteiger partial charge in [0.05, 0.1) is 12.0 Å². The standard InChI is InChI=1S/C25H26N4O3S2/c1-15-19(12-21-24(31)29(25(33)34-21)17-6-4-5-7-17)22(28(2)23(30)20(15)13-26)27-14-16-8-10-18(32-3)11-9-16/h8-12,17,27H,4-7,14H2,1-3H3/b21-12+. The number of methoxy groups -OCH3 is 1. The van der Waals surface area contributed by atoms with Gasteiger partial charge in [0.1, 0.15) is 27.5 Å². The molecule has 1 aromatic heterocycles. The Morgan fingerprint density at radius 1 is 1.26 bits per heavy atom. The minimum atomic E-state index is -0.382. The molecule has 176 valence electrons. The van der Waals surface area contributed by atoms with Crippen molar-refractivity contribution in [2.24, 2.45) is 7.05 Å². The fraction of sp³-hybridized carbons (Fsp3) is 0.360. The number of aromatic nitrogens is 1. The molecule has 0 bridgehead atoms. The van der Waals surface area contributed by atoms with Gasteiger partial charge in [0.15, 0.2) is 0 Å². The number of nitrogens with zero attached hydrogens (tertiary/aromatic N) is 3. The predicted molar refractivity (Wildman–Crippen MR) is 139 cm³/mol. The first-order chi connectivity index (χ1) is 16.3. The smallest absolute Gasteiger partial charge is 0.270 e. The Balaban J connectivity index is 1.72. The summed E-state index contributed by atoms with van der Waals surface area (Å²) in [6, 6.07) is 9.79. The second-order valence-electron chi connectivity index (χ2n) is 8.43. The van der Waals surface area contributed by atoms with E-state index >= 15 is 0 Å². The van der Waals surface area contributed by atoms with E-state index in [0.29, 0.717) is 32.7 Å². The largest absolute Gasteiger partial charge is 0.497 e. The lowest BCUT2D eigenvalue weighted by molar-refractivity contribution is -0.123. The molecule has 1 aromatic carbocycles. The van der Waals surface area contributed by atoms with E-state index in [-0.39, 0.29) is 23.1 Å². The molecule has 1 aliphatic heterocycles. The number of thioether (sulfide) groups is 1. The Morgan fingerprint density at radius 3 is 2.56 bits per heavy atom. The Kier molecular flexibility index (Phi) is 7.10. The van der Waals surface area contributed by atoms with Crippen molar-refractivity contribution in [2.75, 3.05) is 12.4 Å². The maximum absolute atomic E-state index is 13.3. The molecule has 1 N–H and O–H groups in total. The van der Waals surface area contributed by atoms with Crippen molar-refractivity contribution in [3.8, 4) is 11.8 Å². The van der Waals surface area contributed by atoms with Gasteiger partial charge in [-0.2, -0.15) is 5.26 Å². The van der Waals surface area contributed by atoms with Gasteiger partial charge in [-0.25, -0.2) is 0 Å². The van der Waals surface area contributed by atoms with Crippen molar-refractivity contribution in [1.82, 2.24) is 9.47 Å². The van der Waals surface area contributed by atoms with Gasteiger partial charge in [-0.1, -0.05) is 49.0 Å². The fourth-order valence-electron chi connectivity index (χ4n) is 4.46. The number of amides is 1. The number of nitriles is 1. The number of thiocarbonyl (C=S) groups is 1. The number of nitrogens with one attached hydrogen (secondary N) is 1. The van der Waals surface area contributed by atoms with E-state index in [0.717, 1.165) is 37.0 Å². The van der Waals surface area contributed by atoms with Gasteiger partial charge in [0.25, 0.3) is 11.5 Å². The highest BCUT2D eigenvalue weighted by Crippen LogP contribution is 2.39. The summed E-state index contributed by atoms with van der Waals surface area (Å²) in [6.45, 7) is 2.19. The zero-order valence-corrected chi connectivity index (χ0v) is 21.0. The molecule has 2 fully saturated rings. The molecule has 9 heteroatoms. The van der Waals surface area contributed by atoms with Crippen LogP contribution in [0.25, 0.3) is 6.08 Å². The molecule has 4 rings (SSSR count). The van der Waals surface area contributed by atoms with Gasteiger partial charge in [-0.15, -0.1) is 0 Å². The van der Waals surface area contributed by atoms with E-state index in [1.165, 1.54) is 16.3 Å². The summed E-state index contributed by atoms with van der Waals surface area (Å²) in [5, 5.41) is 13.0. The third-order valence-corrected chi connectivity index (χ3v) is 7.74. The summed E-state index contributed by atoms with van der Waals surface area (Å²) in [4.78, 5) is 28.3. The van der Waals surface area contributed by atoms with Crippen molar-refractivity contribution >= 4 is 46.1 Å². The van der Waals surface area contributed by atoms with Crippen LogP contribution in [0, 0.1) is 18.3 Å². The van der Waals surface area contributed by atoms with Gasteiger partial charge in [0, 0.05) is 25.2 Å². The molecule has 7 nitrogen and oxygen atoms in total. The van der Waals surface area contributed by atoms with Crippen molar-refractivity contribution < 1.29 is 9.53 Å². The van der Waals surface area contributed by atoms with Gasteiger partial charge in [0.2, 0.25) is 0 Å². The van der Waals surface area contributed by atoms with Crippen molar-refractivity contribution in [1.29, 1.82) is 5.26 Å². The van der Waals surface area contributed by atoms with Crippen molar-refractivity contribution in [2.45, 2.75) is 45.2 Å². The number of hydrogen-bond acceptors (Lipinski definition) is 7. The van der Waals surface area contributed by atoms with E-state index < -0.39 is 0 Å². The number of hydrogen-bond donors (Lipinski definition) is 1. The molecule has 2 heterocycles.